The van der Waals surface area contributed by atoms with Gasteiger partial charge in [0, 0.05) is 13.6 Å². The molecular weight excluding hydrogens is 182 g/mol. The summed E-state index contributed by atoms with van der Waals surface area (Å²) in [6, 6.07) is 0. The van der Waals surface area contributed by atoms with E-state index >= 15 is 0 Å². The molecule has 0 aliphatic carbocycles. The second kappa shape index (κ2) is 6.37. The highest BCUT2D eigenvalue weighted by molar-refractivity contribution is 5.85. The van der Waals surface area contributed by atoms with Crippen molar-refractivity contribution in [3.63, 3.8) is 0 Å². The summed E-state index contributed by atoms with van der Waals surface area (Å²) in [5.41, 5.74) is 5.15. The van der Waals surface area contributed by atoms with Crippen molar-refractivity contribution in [1.29, 1.82) is 0 Å². The van der Waals surface area contributed by atoms with Crippen molar-refractivity contribution in [1.82, 2.24) is 10.2 Å². The third kappa shape index (κ3) is 5.53. The van der Waals surface area contributed by atoms with Gasteiger partial charge < -0.3 is 16.0 Å². The fourth-order valence-corrected chi connectivity index (χ4v) is 0.833. The molecule has 82 valence electrons. The van der Waals surface area contributed by atoms with Crippen molar-refractivity contribution < 1.29 is 9.59 Å². The van der Waals surface area contributed by atoms with Crippen LogP contribution >= 0.6 is 0 Å². The lowest BCUT2D eigenvalue weighted by Gasteiger charge is -2.16. The fraction of sp³-hybridized carbons (Fsp3) is 0.778. The second-order valence-corrected chi connectivity index (χ2v) is 3.65. The lowest BCUT2D eigenvalue weighted by Crippen LogP contribution is -2.41. The van der Waals surface area contributed by atoms with Gasteiger partial charge in [0.05, 0.1) is 13.1 Å². The minimum atomic E-state index is -0.232. The molecule has 0 aromatic rings. The van der Waals surface area contributed by atoms with Gasteiger partial charge in [0.15, 0.2) is 0 Å². The maximum absolute atomic E-state index is 11.2. The number of amides is 2. The standard InChI is InChI=1S/C9H19N3O2/c1-7(2)5-11-8(13)6-12(3)9(14)4-10/h7H,4-6,10H2,1-3H3,(H,11,13). The second-order valence-electron chi connectivity index (χ2n) is 3.65. The van der Waals surface area contributed by atoms with Crippen molar-refractivity contribution in [3.05, 3.63) is 0 Å². The number of rotatable bonds is 5. The summed E-state index contributed by atoms with van der Waals surface area (Å²) in [4.78, 5) is 23.6. The van der Waals surface area contributed by atoms with E-state index in [4.69, 9.17) is 5.73 Å². The molecule has 3 N–H and O–H groups in total. The molecule has 5 nitrogen and oxygen atoms in total. The van der Waals surface area contributed by atoms with Crippen LogP contribution in [0.15, 0.2) is 0 Å². The van der Waals surface area contributed by atoms with Crippen LogP contribution in [0.5, 0.6) is 0 Å². The molecule has 0 radical (unpaired) electrons. The number of nitrogens with zero attached hydrogens (tertiary/aromatic N) is 1. The zero-order valence-corrected chi connectivity index (χ0v) is 9.04. The van der Waals surface area contributed by atoms with Gasteiger partial charge in [-0.1, -0.05) is 13.8 Å². The van der Waals surface area contributed by atoms with Gasteiger partial charge in [-0.15, -0.1) is 0 Å². The van der Waals surface area contributed by atoms with Crippen LogP contribution < -0.4 is 11.1 Å². The van der Waals surface area contributed by atoms with E-state index in [0.29, 0.717) is 12.5 Å². The van der Waals surface area contributed by atoms with E-state index in [1.807, 2.05) is 13.8 Å². The van der Waals surface area contributed by atoms with E-state index in [9.17, 15) is 9.59 Å². The van der Waals surface area contributed by atoms with E-state index in [0.717, 1.165) is 0 Å². The Morgan fingerprint density at radius 2 is 2.00 bits per heavy atom. The molecule has 0 bridgehead atoms. The lowest BCUT2D eigenvalue weighted by molar-refractivity contribution is -0.133. The first-order valence-electron chi connectivity index (χ1n) is 4.68. The first-order valence-corrected chi connectivity index (χ1v) is 4.68. The van der Waals surface area contributed by atoms with Gasteiger partial charge in [0.25, 0.3) is 0 Å². The number of carbonyl (C=O) groups is 2. The summed E-state index contributed by atoms with van der Waals surface area (Å²) < 4.78 is 0. The van der Waals surface area contributed by atoms with Gasteiger partial charge in [-0.25, -0.2) is 0 Å². The van der Waals surface area contributed by atoms with Crippen molar-refractivity contribution in [3.8, 4) is 0 Å². The molecule has 0 aromatic heterocycles. The maximum atomic E-state index is 11.2. The summed E-state index contributed by atoms with van der Waals surface area (Å²) in [6.45, 7) is 4.66. The monoisotopic (exact) mass is 201 g/mol. The zero-order valence-electron chi connectivity index (χ0n) is 9.04. The fourth-order valence-electron chi connectivity index (χ4n) is 0.833. The smallest absolute Gasteiger partial charge is 0.239 e. The van der Waals surface area contributed by atoms with Crippen molar-refractivity contribution in [2.45, 2.75) is 13.8 Å². The summed E-state index contributed by atoms with van der Waals surface area (Å²) in [6.07, 6.45) is 0. The van der Waals surface area contributed by atoms with Gasteiger partial charge in [-0.3, -0.25) is 9.59 Å². The Morgan fingerprint density at radius 3 is 2.43 bits per heavy atom. The number of likely N-dealkylation sites (N-methyl/N-ethyl adjacent to an activating group) is 1. The zero-order chi connectivity index (χ0) is 11.1. The van der Waals surface area contributed by atoms with E-state index in [2.05, 4.69) is 5.32 Å². The molecule has 0 atom stereocenters. The van der Waals surface area contributed by atoms with Crippen LogP contribution in [0.1, 0.15) is 13.8 Å². The van der Waals surface area contributed by atoms with Crippen molar-refractivity contribution in [2.75, 3.05) is 26.7 Å². The number of nitrogens with one attached hydrogen (secondary N) is 1. The Kier molecular flexibility index (Phi) is 5.87. The molecule has 0 aliphatic heterocycles. The molecule has 0 fully saturated rings. The molecule has 0 unspecified atom stereocenters. The van der Waals surface area contributed by atoms with Crippen molar-refractivity contribution >= 4 is 11.8 Å². The summed E-state index contributed by atoms with van der Waals surface area (Å²) in [7, 11) is 1.56. The Morgan fingerprint density at radius 1 is 1.43 bits per heavy atom. The van der Waals surface area contributed by atoms with Crippen LogP contribution in [-0.2, 0) is 9.59 Å². The molecule has 0 aromatic carbocycles. The molecule has 0 saturated carbocycles. The van der Waals surface area contributed by atoms with E-state index in [-0.39, 0.29) is 24.9 Å². The summed E-state index contributed by atoms with van der Waals surface area (Å²) in [5, 5.41) is 2.72. The van der Waals surface area contributed by atoms with E-state index in [1.54, 1.807) is 7.05 Å². The Hall–Kier alpha value is -1.10. The first kappa shape index (κ1) is 12.9. The molecular formula is C9H19N3O2. The average Bonchev–Trinajstić information content (AvgIpc) is 2.13. The van der Waals surface area contributed by atoms with E-state index < -0.39 is 0 Å². The Balaban J connectivity index is 3.77. The third-order valence-corrected chi connectivity index (χ3v) is 1.69. The van der Waals surface area contributed by atoms with Crippen LogP contribution in [0.25, 0.3) is 0 Å². The molecule has 0 heterocycles. The highest BCUT2D eigenvalue weighted by Crippen LogP contribution is 1.88. The molecule has 0 saturated heterocycles. The number of carbonyl (C=O) groups excluding carboxylic acids is 2. The quantitative estimate of drug-likeness (QED) is 0.610. The number of hydrogen-bond acceptors (Lipinski definition) is 3. The SMILES string of the molecule is CC(C)CNC(=O)CN(C)C(=O)CN. The van der Waals surface area contributed by atoms with Gasteiger partial charge in [-0.2, -0.15) is 0 Å². The lowest BCUT2D eigenvalue weighted by atomic mass is 10.2. The molecule has 0 rings (SSSR count). The molecule has 5 heteroatoms. The van der Waals surface area contributed by atoms with Crippen molar-refractivity contribution in [2.24, 2.45) is 11.7 Å². The van der Waals surface area contributed by atoms with Gasteiger partial charge in [0.1, 0.15) is 0 Å². The minimum Gasteiger partial charge on any atom is -0.354 e. The molecule has 2 amide bonds. The van der Waals surface area contributed by atoms with Gasteiger partial charge in [0.2, 0.25) is 11.8 Å². The van der Waals surface area contributed by atoms with Gasteiger partial charge in [-0.05, 0) is 5.92 Å². The molecule has 0 spiro atoms. The Bertz CT molecular complexity index is 204. The predicted molar refractivity (Wildman–Crippen MR) is 54.5 cm³/mol. The molecule has 14 heavy (non-hydrogen) atoms. The maximum Gasteiger partial charge on any atom is 0.239 e. The number of hydrogen-bond donors (Lipinski definition) is 2. The molecule has 0 aliphatic rings. The van der Waals surface area contributed by atoms with Gasteiger partial charge >= 0.3 is 0 Å². The largest absolute Gasteiger partial charge is 0.354 e. The van der Waals surface area contributed by atoms with Crippen LogP contribution in [0.2, 0.25) is 0 Å². The first-order chi connectivity index (χ1) is 6.47. The van der Waals surface area contributed by atoms with Crippen LogP contribution in [-0.4, -0.2) is 43.4 Å². The topological polar surface area (TPSA) is 75.4 Å². The predicted octanol–water partition coefficient (Wildman–Crippen LogP) is -0.824. The normalized spacial score (nSPS) is 10.1. The Labute approximate surface area is 84.6 Å². The highest BCUT2D eigenvalue weighted by Gasteiger charge is 2.10. The average molecular weight is 201 g/mol. The summed E-state index contributed by atoms with van der Waals surface area (Å²) in [5.74, 6) is 0.0298. The number of nitrogens with two attached hydrogens (primary N) is 1. The summed E-state index contributed by atoms with van der Waals surface area (Å²) >= 11 is 0. The highest BCUT2D eigenvalue weighted by atomic mass is 16.2. The third-order valence-electron chi connectivity index (χ3n) is 1.69. The minimum absolute atomic E-state index is 0.0615. The van der Waals surface area contributed by atoms with E-state index in [1.165, 1.54) is 4.90 Å². The van der Waals surface area contributed by atoms with Crippen LogP contribution in [0.4, 0.5) is 0 Å². The van der Waals surface area contributed by atoms with Crippen LogP contribution in [0, 0.1) is 5.92 Å². The van der Waals surface area contributed by atoms with Crippen LogP contribution in [0.3, 0.4) is 0 Å².